The molecule has 1 N–H and O–H groups in total. The third-order valence-corrected chi connectivity index (χ3v) is 4.15. The maximum absolute atomic E-state index is 12.9. The standard InChI is InChI=1S/C17H17F3N2OS/c1-22(2)15-9-6-12(17(18,19)20)10-14(15)21-16(23)11-4-7-13(24-3)8-5-11/h4-10H,1-3H3,(H,21,23). The van der Waals surface area contributed by atoms with Gasteiger partial charge in [0.15, 0.2) is 0 Å². The monoisotopic (exact) mass is 354 g/mol. The number of hydrogen-bond donors (Lipinski definition) is 1. The summed E-state index contributed by atoms with van der Waals surface area (Å²) < 4.78 is 38.7. The maximum atomic E-state index is 12.9. The summed E-state index contributed by atoms with van der Waals surface area (Å²) in [5, 5.41) is 2.57. The van der Waals surface area contributed by atoms with Crippen LogP contribution in [-0.2, 0) is 6.18 Å². The molecule has 0 saturated heterocycles. The number of nitrogens with zero attached hydrogens (tertiary/aromatic N) is 1. The van der Waals surface area contributed by atoms with Gasteiger partial charge in [0.2, 0.25) is 0 Å². The fourth-order valence-electron chi connectivity index (χ4n) is 2.14. The molecule has 0 bridgehead atoms. The topological polar surface area (TPSA) is 32.3 Å². The van der Waals surface area contributed by atoms with Crippen LogP contribution in [-0.4, -0.2) is 26.3 Å². The number of thioether (sulfide) groups is 1. The minimum atomic E-state index is -4.47. The molecule has 0 aromatic heterocycles. The zero-order valence-corrected chi connectivity index (χ0v) is 14.3. The molecular formula is C17H17F3N2OS. The molecule has 0 spiro atoms. The highest BCUT2D eigenvalue weighted by molar-refractivity contribution is 7.98. The van der Waals surface area contributed by atoms with E-state index in [0.717, 1.165) is 17.0 Å². The Balaban J connectivity index is 2.33. The number of alkyl halides is 3. The summed E-state index contributed by atoms with van der Waals surface area (Å²) in [7, 11) is 3.40. The van der Waals surface area contributed by atoms with Gasteiger partial charge in [-0.3, -0.25) is 4.79 Å². The molecule has 0 atom stereocenters. The molecule has 0 aliphatic heterocycles. The third-order valence-electron chi connectivity index (χ3n) is 3.41. The molecule has 7 heteroatoms. The van der Waals surface area contributed by atoms with E-state index in [0.29, 0.717) is 11.3 Å². The number of hydrogen-bond acceptors (Lipinski definition) is 3. The van der Waals surface area contributed by atoms with E-state index in [9.17, 15) is 18.0 Å². The van der Waals surface area contributed by atoms with E-state index in [2.05, 4.69) is 5.32 Å². The summed E-state index contributed by atoms with van der Waals surface area (Å²) in [6.07, 6.45) is -2.55. The van der Waals surface area contributed by atoms with Crippen LogP contribution in [0, 0.1) is 0 Å². The zero-order chi connectivity index (χ0) is 17.9. The van der Waals surface area contributed by atoms with Crippen LogP contribution in [0.5, 0.6) is 0 Å². The number of benzene rings is 2. The summed E-state index contributed by atoms with van der Waals surface area (Å²) in [6, 6.07) is 10.2. The maximum Gasteiger partial charge on any atom is 0.416 e. The summed E-state index contributed by atoms with van der Waals surface area (Å²) >= 11 is 1.54. The van der Waals surface area contributed by atoms with Crippen LogP contribution in [0.1, 0.15) is 15.9 Å². The lowest BCUT2D eigenvalue weighted by molar-refractivity contribution is -0.137. The van der Waals surface area contributed by atoms with Crippen molar-refractivity contribution in [1.29, 1.82) is 0 Å². The number of carbonyl (C=O) groups is 1. The van der Waals surface area contributed by atoms with E-state index < -0.39 is 17.6 Å². The van der Waals surface area contributed by atoms with Crippen molar-refractivity contribution >= 4 is 29.0 Å². The molecule has 2 aromatic rings. The van der Waals surface area contributed by atoms with Crippen molar-refractivity contribution in [2.24, 2.45) is 0 Å². The van der Waals surface area contributed by atoms with Crippen LogP contribution >= 0.6 is 11.8 Å². The number of carbonyl (C=O) groups excluding carboxylic acids is 1. The average molecular weight is 354 g/mol. The third kappa shape index (κ3) is 4.23. The van der Waals surface area contributed by atoms with E-state index >= 15 is 0 Å². The fraction of sp³-hybridized carbons (Fsp3) is 0.235. The van der Waals surface area contributed by atoms with Crippen molar-refractivity contribution in [3.8, 4) is 0 Å². The lowest BCUT2D eigenvalue weighted by Gasteiger charge is -2.20. The molecule has 0 aliphatic carbocycles. The van der Waals surface area contributed by atoms with Crippen LogP contribution in [0.3, 0.4) is 0 Å². The van der Waals surface area contributed by atoms with Crippen LogP contribution in [0.15, 0.2) is 47.4 Å². The molecule has 128 valence electrons. The molecular weight excluding hydrogens is 337 g/mol. The van der Waals surface area contributed by atoms with Crippen LogP contribution in [0.2, 0.25) is 0 Å². The largest absolute Gasteiger partial charge is 0.416 e. The minimum absolute atomic E-state index is 0.119. The van der Waals surface area contributed by atoms with Crippen molar-refractivity contribution < 1.29 is 18.0 Å². The Kier molecular flexibility index (Phi) is 5.43. The van der Waals surface area contributed by atoms with Crippen molar-refractivity contribution in [3.63, 3.8) is 0 Å². The van der Waals surface area contributed by atoms with Crippen LogP contribution in [0.4, 0.5) is 24.5 Å². The number of rotatable bonds is 4. The van der Waals surface area contributed by atoms with Gasteiger partial charge in [-0.1, -0.05) is 0 Å². The summed E-state index contributed by atoms with van der Waals surface area (Å²) in [5.41, 5.74) is 0.196. The first-order valence-corrected chi connectivity index (χ1v) is 8.29. The van der Waals surface area contributed by atoms with Gasteiger partial charge in [-0.2, -0.15) is 13.2 Å². The average Bonchev–Trinajstić information content (AvgIpc) is 2.53. The Morgan fingerprint density at radius 3 is 2.21 bits per heavy atom. The van der Waals surface area contributed by atoms with Gasteiger partial charge in [-0.05, 0) is 48.7 Å². The molecule has 0 radical (unpaired) electrons. The van der Waals surface area contributed by atoms with Gasteiger partial charge < -0.3 is 10.2 Å². The molecule has 0 unspecified atom stereocenters. The molecule has 3 nitrogen and oxygen atoms in total. The van der Waals surface area contributed by atoms with Crippen molar-refractivity contribution in [2.45, 2.75) is 11.1 Å². The van der Waals surface area contributed by atoms with Gasteiger partial charge in [-0.15, -0.1) is 11.8 Å². The Labute approximate surface area is 142 Å². The van der Waals surface area contributed by atoms with E-state index in [1.165, 1.54) is 6.07 Å². The van der Waals surface area contributed by atoms with Crippen molar-refractivity contribution in [2.75, 3.05) is 30.6 Å². The van der Waals surface area contributed by atoms with Gasteiger partial charge in [-0.25, -0.2) is 0 Å². The quantitative estimate of drug-likeness (QED) is 0.805. The lowest BCUT2D eigenvalue weighted by Crippen LogP contribution is -2.18. The number of amides is 1. The second-order valence-electron chi connectivity index (χ2n) is 5.31. The minimum Gasteiger partial charge on any atom is -0.376 e. The molecule has 2 aromatic carbocycles. The van der Waals surface area contributed by atoms with Gasteiger partial charge in [0.05, 0.1) is 16.9 Å². The number of halogens is 3. The molecule has 0 heterocycles. The zero-order valence-electron chi connectivity index (χ0n) is 13.4. The molecule has 24 heavy (non-hydrogen) atoms. The predicted molar refractivity (Wildman–Crippen MR) is 91.9 cm³/mol. The second-order valence-corrected chi connectivity index (χ2v) is 6.19. The van der Waals surface area contributed by atoms with Gasteiger partial charge in [0, 0.05) is 24.6 Å². The lowest BCUT2D eigenvalue weighted by atomic mass is 10.1. The smallest absolute Gasteiger partial charge is 0.376 e. The highest BCUT2D eigenvalue weighted by Crippen LogP contribution is 2.35. The fourth-order valence-corrected chi connectivity index (χ4v) is 2.55. The van der Waals surface area contributed by atoms with Gasteiger partial charge >= 0.3 is 6.18 Å². The Bertz CT molecular complexity index is 728. The van der Waals surface area contributed by atoms with Gasteiger partial charge in [0.1, 0.15) is 0 Å². The predicted octanol–water partition coefficient (Wildman–Crippen LogP) is 4.75. The van der Waals surface area contributed by atoms with Crippen LogP contribution < -0.4 is 10.2 Å². The molecule has 1 amide bonds. The normalized spacial score (nSPS) is 11.2. The highest BCUT2D eigenvalue weighted by Gasteiger charge is 2.31. The van der Waals surface area contributed by atoms with Crippen molar-refractivity contribution in [3.05, 3.63) is 53.6 Å². The highest BCUT2D eigenvalue weighted by atomic mass is 32.2. The Morgan fingerprint density at radius 2 is 1.71 bits per heavy atom. The van der Waals surface area contributed by atoms with Crippen molar-refractivity contribution in [1.82, 2.24) is 0 Å². The Morgan fingerprint density at radius 1 is 1.08 bits per heavy atom. The first-order chi connectivity index (χ1) is 11.2. The van der Waals surface area contributed by atoms with Crippen LogP contribution in [0.25, 0.3) is 0 Å². The number of nitrogens with one attached hydrogen (secondary N) is 1. The SMILES string of the molecule is CSc1ccc(C(=O)Nc2cc(C(F)(F)F)ccc2N(C)C)cc1. The molecule has 0 saturated carbocycles. The summed E-state index contributed by atoms with van der Waals surface area (Å²) in [5.74, 6) is -0.454. The first-order valence-electron chi connectivity index (χ1n) is 7.06. The van der Waals surface area contributed by atoms with Gasteiger partial charge in [0.25, 0.3) is 5.91 Å². The van der Waals surface area contributed by atoms with E-state index in [-0.39, 0.29) is 5.69 Å². The molecule has 2 rings (SSSR count). The van der Waals surface area contributed by atoms with E-state index in [4.69, 9.17) is 0 Å². The second kappa shape index (κ2) is 7.17. The Hall–Kier alpha value is -2.15. The van der Waals surface area contributed by atoms with E-state index in [1.54, 1.807) is 55.0 Å². The summed E-state index contributed by atoms with van der Waals surface area (Å²) in [6.45, 7) is 0. The number of anilines is 2. The first kappa shape index (κ1) is 18.2. The van der Waals surface area contributed by atoms with E-state index in [1.807, 2.05) is 6.26 Å². The molecule has 0 fully saturated rings. The summed E-state index contributed by atoms with van der Waals surface area (Å²) in [4.78, 5) is 15.0. The molecule has 0 aliphatic rings.